The van der Waals surface area contributed by atoms with Gasteiger partial charge in [0.1, 0.15) is 0 Å². The Morgan fingerprint density at radius 1 is 1.29 bits per heavy atom. The van der Waals surface area contributed by atoms with E-state index in [1.54, 1.807) is 24.7 Å². The molecule has 0 amide bonds. The summed E-state index contributed by atoms with van der Waals surface area (Å²) in [6, 6.07) is 0. The predicted molar refractivity (Wildman–Crippen MR) is 34.2 cm³/mol. The molecule has 0 aliphatic heterocycles. The Hall–Kier alpha value is 1.46. The largest absolute Gasteiger partial charge is 0.147 e. The van der Waals surface area contributed by atoms with Crippen LogP contribution in [-0.4, -0.2) is 0 Å². The van der Waals surface area contributed by atoms with Crippen LogP contribution in [0.3, 0.4) is 0 Å². The molecule has 0 aromatic rings. The molecular formula is C4H11Cl2Zr. The first-order valence-electron chi connectivity index (χ1n) is 2.06. The summed E-state index contributed by atoms with van der Waals surface area (Å²) in [7, 11) is 0. The fourth-order valence-corrected chi connectivity index (χ4v) is 1.05. The second-order valence-corrected chi connectivity index (χ2v) is 2.33. The molecule has 0 atom stereocenters. The van der Waals surface area contributed by atoms with Crippen LogP contribution in [0.4, 0.5) is 0 Å². The summed E-state index contributed by atoms with van der Waals surface area (Å²) in [5.74, 6) is 0. The van der Waals surface area contributed by atoms with Crippen LogP contribution in [0.2, 0.25) is 4.13 Å². The van der Waals surface area contributed by atoms with Gasteiger partial charge in [-0.2, -0.15) is 0 Å². The van der Waals surface area contributed by atoms with E-state index in [0.717, 1.165) is 0 Å². The molecule has 45 valence electrons. The average molecular weight is 221 g/mol. The minimum absolute atomic E-state index is 0. The number of unbranched alkanes of at least 4 members (excludes halogenated alkanes) is 1. The summed E-state index contributed by atoms with van der Waals surface area (Å²) in [4.78, 5) is 0. The maximum absolute atomic E-state index is 2.23. The van der Waals surface area contributed by atoms with E-state index >= 15 is 0 Å². The Labute approximate surface area is 73.1 Å². The zero-order valence-corrected chi connectivity index (χ0v) is 8.53. The molecule has 0 radical (unpaired) electrons. The third kappa shape index (κ3) is 18.6. The molecule has 0 N–H and O–H groups in total. The molecule has 0 saturated heterocycles. The van der Waals surface area contributed by atoms with E-state index in [2.05, 4.69) is 6.92 Å². The standard InChI is InChI=1S/C4H9.2ClH.Zr/c1-3-4-2;;;/h1,3-4H2,2H3;2*1H;. The van der Waals surface area contributed by atoms with Gasteiger partial charge in [-0.3, -0.25) is 0 Å². The Morgan fingerprint density at radius 3 is 1.71 bits per heavy atom. The quantitative estimate of drug-likeness (QED) is 0.672. The summed E-state index contributed by atoms with van der Waals surface area (Å²) in [5.41, 5.74) is 0. The van der Waals surface area contributed by atoms with E-state index in [9.17, 15) is 0 Å². The van der Waals surface area contributed by atoms with Crippen LogP contribution in [0.15, 0.2) is 0 Å². The molecule has 0 spiro atoms. The molecular weight excluding hydrogens is 210 g/mol. The van der Waals surface area contributed by atoms with Gasteiger partial charge in [0.05, 0.1) is 0 Å². The summed E-state index contributed by atoms with van der Waals surface area (Å²) in [6.07, 6.45) is 2.80. The zero-order chi connectivity index (χ0) is 4.12. The minimum Gasteiger partial charge on any atom is -0.147 e. The fourth-order valence-electron chi connectivity index (χ4n) is 0.177. The van der Waals surface area contributed by atoms with E-state index in [4.69, 9.17) is 0 Å². The first kappa shape index (κ1) is 15.8. The third-order valence-electron chi connectivity index (χ3n) is 0.530. The maximum atomic E-state index is 2.23. The molecule has 0 saturated carbocycles. The number of halogens is 2. The van der Waals surface area contributed by atoms with Gasteiger partial charge in [0.2, 0.25) is 0 Å². The number of hydrogen-bond acceptors (Lipinski definition) is 0. The molecule has 0 aliphatic carbocycles. The van der Waals surface area contributed by atoms with Crippen molar-refractivity contribution in [3.05, 3.63) is 0 Å². The molecule has 7 heavy (non-hydrogen) atoms. The molecule has 0 heterocycles. The molecule has 3 heteroatoms. The molecule has 0 bridgehead atoms. The van der Waals surface area contributed by atoms with E-state index in [1.807, 2.05) is 0 Å². The summed E-state index contributed by atoms with van der Waals surface area (Å²) < 4.78 is 1.43. The molecule has 0 aromatic heterocycles. The van der Waals surface area contributed by atoms with Gasteiger partial charge in [-0.15, -0.1) is 24.8 Å². The van der Waals surface area contributed by atoms with Crippen molar-refractivity contribution in [2.24, 2.45) is 0 Å². The van der Waals surface area contributed by atoms with Gasteiger partial charge in [0, 0.05) is 0 Å². The van der Waals surface area contributed by atoms with Gasteiger partial charge in [-0.25, -0.2) is 0 Å². The van der Waals surface area contributed by atoms with Crippen molar-refractivity contribution in [3.63, 3.8) is 0 Å². The van der Waals surface area contributed by atoms with Crippen molar-refractivity contribution in [2.45, 2.75) is 23.9 Å². The Kier molecular flexibility index (Phi) is 35.3. The molecule has 0 aromatic carbocycles. The van der Waals surface area contributed by atoms with Gasteiger partial charge in [0.15, 0.2) is 0 Å². The Balaban J connectivity index is -0.0000000800. The molecule has 0 fully saturated rings. The van der Waals surface area contributed by atoms with E-state index in [1.165, 1.54) is 17.0 Å². The smallest absolute Gasteiger partial charge is 0.147 e. The van der Waals surface area contributed by atoms with Crippen molar-refractivity contribution in [1.29, 1.82) is 0 Å². The number of hydrogen-bond donors (Lipinski definition) is 0. The van der Waals surface area contributed by atoms with Crippen LogP contribution in [0.1, 0.15) is 19.8 Å². The third-order valence-corrected chi connectivity index (χ3v) is 1.40. The monoisotopic (exact) mass is 219 g/mol. The van der Waals surface area contributed by atoms with Crippen molar-refractivity contribution in [1.82, 2.24) is 0 Å². The number of rotatable bonds is 2. The topological polar surface area (TPSA) is 0 Å². The molecule has 0 nitrogen and oxygen atoms in total. The second-order valence-electron chi connectivity index (χ2n) is 1.10. The van der Waals surface area contributed by atoms with Crippen LogP contribution in [0, 0.1) is 0 Å². The van der Waals surface area contributed by atoms with Crippen LogP contribution in [0.25, 0.3) is 0 Å². The normalized spacial score (nSPS) is 5.71. The maximum Gasteiger partial charge on any atom is -0.147 e. The predicted octanol–water partition coefficient (Wildman–Crippen LogP) is 2.60. The van der Waals surface area contributed by atoms with Crippen LogP contribution in [0.5, 0.6) is 0 Å². The van der Waals surface area contributed by atoms with Gasteiger partial charge in [0.25, 0.3) is 0 Å². The molecule has 0 aliphatic rings. The van der Waals surface area contributed by atoms with Crippen molar-refractivity contribution in [2.75, 3.05) is 0 Å². The van der Waals surface area contributed by atoms with Gasteiger partial charge >= 0.3 is 48.6 Å². The van der Waals surface area contributed by atoms with Gasteiger partial charge < -0.3 is 0 Å². The van der Waals surface area contributed by atoms with Gasteiger partial charge in [-0.05, 0) is 0 Å². The van der Waals surface area contributed by atoms with Crippen LogP contribution < -0.4 is 0 Å². The van der Waals surface area contributed by atoms with Crippen LogP contribution in [-0.2, 0) is 24.7 Å². The van der Waals surface area contributed by atoms with Crippen LogP contribution >= 0.6 is 24.8 Å². The van der Waals surface area contributed by atoms with Crippen molar-refractivity contribution in [3.8, 4) is 0 Å². The van der Waals surface area contributed by atoms with E-state index < -0.39 is 0 Å². The summed E-state index contributed by atoms with van der Waals surface area (Å²) in [6.45, 7) is 2.23. The van der Waals surface area contributed by atoms with Gasteiger partial charge in [-0.1, -0.05) is 0 Å². The van der Waals surface area contributed by atoms with E-state index in [0.29, 0.717) is 0 Å². The second kappa shape index (κ2) is 15.7. The summed E-state index contributed by atoms with van der Waals surface area (Å²) in [5, 5.41) is 0. The SMILES string of the molecule is CCC[CH2][Zr].Cl.Cl. The van der Waals surface area contributed by atoms with E-state index in [-0.39, 0.29) is 24.8 Å². The zero-order valence-electron chi connectivity index (χ0n) is 4.44. The first-order chi connectivity index (χ1) is 2.41. The van der Waals surface area contributed by atoms with Crippen molar-refractivity contribution >= 4 is 24.8 Å². The first-order valence-corrected chi connectivity index (χ1v) is 3.80. The summed E-state index contributed by atoms with van der Waals surface area (Å²) >= 11 is 1.68. The molecule has 0 rings (SSSR count). The molecule has 0 unspecified atom stereocenters. The fraction of sp³-hybridized carbons (Fsp3) is 1.00. The average Bonchev–Trinajstić information content (AvgIpc) is 1.41. The Morgan fingerprint density at radius 2 is 1.71 bits per heavy atom. The minimum atomic E-state index is 0. The Bertz CT molecular complexity index is 17.2. The van der Waals surface area contributed by atoms with Crippen molar-refractivity contribution < 1.29 is 24.7 Å².